The quantitative estimate of drug-likeness (QED) is 0.598. The third-order valence-corrected chi connectivity index (χ3v) is 2.97. The van der Waals surface area contributed by atoms with Crippen molar-refractivity contribution in [3.8, 4) is 0 Å². The number of piperazine rings is 1. The highest BCUT2D eigenvalue weighted by Gasteiger charge is 2.20. The molecular formula is C13H26N4O. The molecule has 0 aliphatic carbocycles. The molecule has 0 saturated carbocycles. The lowest BCUT2D eigenvalue weighted by atomic mass is 10.2. The Morgan fingerprint density at radius 3 is 2.22 bits per heavy atom. The van der Waals surface area contributed by atoms with Gasteiger partial charge in [-0.15, -0.1) is 0 Å². The van der Waals surface area contributed by atoms with Crippen molar-refractivity contribution in [3.05, 3.63) is 0 Å². The van der Waals surface area contributed by atoms with Crippen LogP contribution < -0.4 is 5.32 Å². The van der Waals surface area contributed by atoms with Gasteiger partial charge in [-0.05, 0) is 12.8 Å². The van der Waals surface area contributed by atoms with E-state index in [-0.39, 0.29) is 5.91 Å². The molecule has 0 atom stereocenters. The molecule has 1 fully saturated rings. The molecule has 0 unspecified atom stereocenters. The van der Waals surface area contributed by atoms with Gasteiger partial charge in [0.15, 0.2) is 5.96 Å². The van der Waals surface area contributed by atoms with E-state index in [1.54, 1.807) is 6.92 Å². The lowest BCUT2D eigenvalue weighted by Gasteiger charge is -2.36. The Labute approximate surface area is 110 Å². The number of hydrogen-bond donors (Lipinski definition) is 1. The Morgan fingerprint density at radius 1 is 1.22 bits per heavy atom. The molecule has 1 N–H and O–H groups in total. The average Bonchev–Trinajstić information content (AvgIpc) is 2.34. The van der Waals surface area contributed by atoms with Crippen LogP contribution in [0.4, 0.5) is 0 Å². The molecule has 104 valence electrons. The first kappa shape index (κ1) is 14.8. The van der Waals surface area contributed by atoms with Gasteiger partial charge >= 0.3 is 0 Å². The van der Waals surface area contributed by atoms with Crippen LogP contribution in [-0.2, 0) is 4.79 Å². The molecular weight excluding hydrogens is 228 g/mol. The van der Waals surface area contributed by atoms with E-state index in [2.05, 4.69) is 36.0 Å². The fraction of sp³-hybridized carbons (Fsp3) is 0.846. The minimum Gasteiger partial charge on any atom is -0.357 e. The van der Waals surface area contributed by atoms with E-state index in [1.165, 1.54) is 0 Å². The third-order valence-electron chi connectivity index (χ3n) is 2.97. The zero-order valence-corrected chi connectivity index (χ0v) is 12.1. The molecule has 0 spiro atoms. The van der Waals surface area contributed by atoms with Crippen LogP contribution in [0, 0.1) is 5.92 Å². The number of carbonyl (C=O) groups excluding carboxylic acids is 1. The van der Waals surface area contributed by atoms with E-state index in [0.717, 1.165) is 45.2 Å². The van der Waals surface area contributed by atoms with E-state index in [9.17, 15) is 4.79 Å². The van der Waals surface area contributed by atoms with Crippen molar-refractivity contribution in [1.29, 1.82) is 0 Å². The van der Waals surface area contributed by atoms with Crippen molar-refractivity contribution in [2.75, 3.05) is 39.3 Å². The van der Waals surface area contributed by atoms with Crippen LogP contribution in [0.1, 0.15) is 27.7 Å². The van der Waals surface area contributed by atoms with Crippen LogP contribution in [-0.4, -0.2) is 60.9 Å². The molecule has 5 heteroatoms. The summed E-state index contributed by atoms with van der Waals surface area (Å²) >= 11 is 0. The van der Waals surface area contributed by atoms with E-state index < -0.39 is 0 Å². The SMILES string of the molecule is CCNC(=NCC(C)C)N1CCN(C(C)=O)CC1. The van der Waals surface area contributed by atoms with Crippen LogP contribution in [0.5, 0.6) is 0 Å². The number of aliphatic imine (C=N–C) groups is 1. The van der Waals surface area contributed by atoms with Gasteiger partial charge in [0.2, 0.25) is 5.91 Å². The first-order valence-corrected chi connectivity index (χ1v) is 6.83. The Kier molecular flexibility index (Phi) is 5.95. The lowest BCUT2D eigenvalue weighted by molar-refractivity contribution is -0.130. The van der Waals surface area contributed by atoms with E-state index in [1.807, 2.05) is 4.90 Å². The molecule has 1 rings (SSSR count). The molecule has 0 aromatic carbocycles. The van der Waals surface area contributed by atoms with Crippen molar-refractivity contribution in [2.24, 2.45) is 10.9 Å². The number of carbonyl (C=O) groups is 1. The summed E-state index contributed by atoms with van der Waals surface area (Å²) in [5.74, 6) is 1.71. The summed E-state index contributed by atoms with van der Waals surface area (Å²) in [5.41, 5.74) is 0. The van der Waals surface area contributed by atoms with Gasteiger partial charge in [0.1, 0.15) is 0 Å². The number of guanidine groups is 1. The Hall–Kier alpha value is -1.26. The highest BCUT2D eigenvalue weighted by molar-refractivity contribution is 5.80. The number of nitrogens with zero attached hydrogens (tertiary/aromatic N) is 3. The van der Waals surface area contributed by atoms with Crippen molar-refractivity contribution >= 4 is 11.9 Å². The smallest absolute Gasteiger partial charge is 0.219 e. The highest BCUT2D eigenvalue weighted by atomic mass is 16.2. The van der Waals surface area contributed by atoms with Crippen molar-refractivity contribution in [3.63, 3.8) is 0 Å². The molecule has 1 amide bonds. The lowest BCUT2D eigenvalue weighted by Crippen LogP contribution is -2.53. The van der Waals surface area contributed by atoms with Crippen molar-refractivity contribution < 1.29 is 4.79 Å². The third kappa shape index (κ3) is 4.55. The number of amides is 1. The molecule has 0 radical (unpaired) electrons. The minimum absolute atomic E-state index is 0.166. The molecule has 5 nitrogen and oxygen atoms in total. The summed E-state index contributed by atoms with van der Waals surface area (Å²) in [6, 6.07) is 0. The molecule has 1 aliphatic heterocycles. The highest BCUT2D eigenvalue weighted by Crippen LogP contribution is 2.03. The van der Waals surface area contributed by atoms with Crippen LogP contribution in [0.2, 0.25) is 0 Å². The number of rotatable bonds is 3. The van der Waals surface area contributed by atoms with Crippen LogP contribution in [0.15, 0.2) is 4.99 Å². The maximum Gasteiger partial charge on any atom is 0.219 e. The summed E-state index contributed by atoms with van der Waals surface area (Å²) < 4.78 is 0. The second-order valence-corrected chi connectivity index (χ2v) is 5.08. The number of hydrogen-bond acceptors (Lipinski definition) is 2. The van der Waals surface area contributed by atoms with Gasteiger partial charge in [0.25, 0.3) is 0 Å². The molecule has 1 heterocycles. The Morgan fingerprint density at radius 2 is 1.78 bits per heavy atom. The largest absolute Gasteiger partial charge is 0.357 e. The Bertz CT molecular complexity index is 293. The van der Waals surface area contributed by atoms with Gasteiger partial charge < -0.3 is 15.1 Å². The Balaban J connectivity index is 2.55. The zero-order chi connectivity index (χ0) is 13.5. The van der Waals surface area contributed by atoms with Gasteiger partial charge in [0.05, 0.1) is 0 Å². The topological polar surface area (TPSA) is 47.9 Å². The molecule has 0 aromatic heterocycles. The summed E-state index contributed by atoms with van der Waals surface area (Å²) in [5, 5.41) is 3.32. The summed E-state index contributed by atoms with van der Waals surface area (Å²) in [7, 11) is 0. The molecule has 0 aromatic rings. The molecule has 1 saturated heterocycles. The first-order chi connectivity index (χ1) is 8.54. The molecule has 1 aliphatic rings. The van der Waals surface area contributed by atoms with Gasteiger partial charge in [-0.1, -0.05) is 13.8 Å². The summed E-state index contributed by atoms with van der Waals surface area (Å²) in [6.45, 7) is 13.1. The fourth-order valence-electron chi connectivity index (χ4n) is 1.93. The van der Waals surface area contributed by atoms with Gasteiger partial charge in [-0.2, -0.15) is 0 Å². The van der Waals surface area contributed by atoms with Crippen LogP contribution in [0.3, 0.4) is 0 Å². The maximum absolute atomic E-state index is 11.3. The predicted octanol–water partition coefficient (Wildman–Crippen LogP) is 0.772. The van der Waals surface area contributed by atoms with Gasteiger partial charge in [-0.25, -0.2) is 0 Å². The van der Waals surface area contributed by atoms with Gasteiger partial charge in [0, 0.05) is 46.2 Å². The summed E-state index contributed by atoms with van der Waals surface area (Å²) in [4.78, 5) is 20.0. The van der Waals surface area contributed by atoms with E-state index >= 15 is 0 Å². The fourth-order valence-corrected chi connectivity index (χ4v) is 1.93. The molecule has 0 bridgehead atoms. The predicted molar refractivity (Wildman–Crippen MR) is 74.6 cm³/mol. The van der Waals surface area contributed by atoms with Crippen LogP contribution in [0.25, 0.3) is 0 Å². The number of nitrogens with one attached hydrogen (secondary N) is 1. The van der Waals surface area contributed by atoms with Crippen LogP contribution >= 0.6 is 0 Å². The average molecular weight is 254 g/mol. The second kappa shape index (κ2) is 7.24. The van der Waals surface area contributed by atoms with E-state index in [4.69, 9.17) is 0 Å². The first-order valence-electron chi connectivity index (χ1n) is 6.83. The second-order valence-electron chi connectivity index (χ2n) is 5.08. The zero-order valence-electron chi connectivity index (χ0n) is 12.1. The van der Waals surface area contributed by atoms with Crippen molar-refractivity contribution in [2.45, 2.75) is 27.7 Å². The maximum atomic E-state index is 11.3. The van der Waals surface area contributed by atoms with Gasteiger partial charge in [-0.3, -0.25) is 9.79 Å². The standard InChI is InChI=1S/C13H26N4O/c1-5-14-13(15-10-11(2)3)17-8-6-16(7-9-17)12(4)18/h11H,5-10H2,1-4H3,(H,14,15). The van der Waals surface area contributed by atoms with Crippen molar-refractivity contribution in [1.82, 2.24) is 15.1 Å². The molecule has 18 heavy (non-hydrogen) atoms. The monoisotopic (exact) mass is 254 g/mol. The minimum atomic E-state index is 0.166. The van der Waals surface area contributed by atoms with E-state index in [0.29, 0.717) is 5.92 Å². The summed E-state index contributed by atoms with van der Waals surface area (Å²) in [6.07, 6.45) is 0. The normalized spacial score (nSPS) is 17.3.